The summed E-state index contributed by atoms with van der Waals surface area (Å²) in [5.74, 6) is -0.506. The monoisotopic (exact) mass is 222 g/mol. The molecular weight excluding hydrogens is 207 g/mol. The second-order valence-electron chi connectivity index (χ2n) is 4.04. The Morgan fingerprint density at radius 2 is 2.25 bits per heavy atom. The predicted molar refractivity (Wildman–Crippen MR) is 60.6 cm³/mol. The van der Waals surface area contributed by atoms with Gasteiger partial charge in [0.1, 0.15) is 17.2 Å². The van der Waals surface area contributed by atoms with Gasteiger partial charge in [0.05, 0.1) is 0 Å². The van der Waals surface area contributed by atoms with Crippen LogP contribution in [0, 0.1) is 5.82 Å². The van der Waals surface area contributed by atoms with Crippen molar-refractivity contribution in [3.05, 3.63) is 47.8 Å². The van der Waals surface area contributed by atoms with Crippen LogP contribution in [0.2, 0.25) is 0 Å². The molecule has 0 radical (unpaired) electrons. The normalized spacial score (nSPS) is 14.2. The highest BCUT2D eigenvalue weighted by atomic mass is 19.1. The molecule has 1 atom stereocenters. The molecule has 2 nitrogen and oxygen atoms in total. The lowest BCUT2D eigenvalue weighted by Gasteiger charge is -2.20. The van der Waals surface area contributed by atoms with E-state index >= 15 is 0 Å². The van der Waals surface area contributed by atoms with Gasteiger partial charge in [-0.2, -0.15) is 0 Å². The first kappa shape index (κ1) is 12.6. The lowest BCUT2D eigenvalue weighted by Crippen LogP contribution is -2.19. The van der Waals surface area contributed by atoms with Crippen molar-refractivity contribution < 1.29 is 14.3 Å². The predicted octanol–water partition coefficient (Wildman–Crippen LogP) is 2.35. The zero-order valence-electron chi connectivity index (χ0n) is 9.46. The Kier molecular flexibility index (Phi) is 3.60. The van der Waals surface area contributed by atoms with Gasteiger partial charge >= 0.3 is 0 Å². The van der Waals surface area contributed by atoms with Gasteiger partial charge in [-0.25, -0.2) is 4.39 Å². The minimum absolute atomic E-state index is 0.00389. The Morgan fingerprint density at radius 1 is 1.62 bits per heavy atom. The summed E-state index contributed by atoms with van der Waals surface area (Å²) < 4.78 is 13.5. The first-order chi connectivity index (χ1) is 7.36. The summed E-state index contributed by atoms with van der Waals surface area (Å²) in [5.41, 5.74) is -0.594. The van der Waals surface area contributed by atoms with Crippen molar-refractivity contribution in [1.82, 2.24) is 0 Å². The van der Waals surface area contributed by atoms with Crippen LogP contribution in [0.5, 0.6) is 0 Å². The maximum absolute atomic E-state index is 13.5. The fraction of sp³-hybridized carbons (Fsp3) is 0.308. The average Bonchev–Trinajstić information content (AvgIpc) is 2.20. The molecular formula is C13H15FO2. The highest BCUT2D eigenvalue weighted by Crippen LogP contribution is 2.25. The number of halogens is 1. The SMILES string of the molecule is C=CC(C)(O)c1cc(CC(C)=O)ccc1F. The fourth-order valence-electron chi connectivity index (χ4n) is 1.47. The molecule has 1 N–H and O–H groups in total. The van der Waals surface area contributed by atoms with E-state index in [1.165, 1.54) is 32.1 Å². The zero-order chi connectivity index (χ0) is 12.3. The van der Waals surface area contributed by atoms with Gasteiger partial charge in [-0.3, -0.25) is 4.79 Å². The summed E-state index contributed by atoms with van der Waals surface area (Å²) >= 11 is 0. The van der Waals surface area contributed by atoms with Gasteiger partial charge in [-0.1, -0.05) is 18.7 Å². The molecule has 0 spiro atoms. The lowest BCUT2D eigenvalue weighted by molar-refractivity contribution is -0.116. The Labute approximate surface area is 94.4 Å². The maximum Gasteiger partial charge on any atom is 0.134 e. The Balaban J connectivity index is 3.18. The molecule has 0 saturated carbocycles. The van der Waals surface area contributed by atoms with E-state index in [1.54, 1.807) is 6.07 Å². The summed E-state index contributed by atoms with van der Waals surface area (Å²) in [4.78, 5) is 11.0. The van der Waals surface area contributed by atoms with E-state index in [0.29, 0.717) is 5.56 Å². The van der Waals surface area contributed by atoms with Crippen LogP contribution in [0.25, 0.3) is 0 Å². The van der Waals surface area contributed by atoms with Crippen molar-refractivity contribution in [2.24, 2.45) is 0 Å². The smallest absolute Gasteiger partial charge is 0.134 e. The molecule has 0 saturated heterocycles. The van der Waals surface area contributed by atoms with E-state index in [4.69, 9.17) is 0 Å². The van der Waals surface area contributed by atoms with E-state index in [2.05, 4.69) is 6.58 Å². The fourth-order valence-corrected chi connectivity index (χ4v) is 1.47. The third kappa shape index (κ3) is 2.76. The Morgan fingerprint density at radius 3 is 2.75 bits per heavy atom. The van der Waals surface area contributed by atoms with Gasteiger partial charge in [0.25, 0.3) is 0 Å². The summed E-state index contributed by atoms with van der Waals surface area (Å²) in [5, 5.41) is 9.89. The molecule has 1 unspecified atom stereocenters. The van der Waals surface area contributed by atoms with Crippen molar-refractivity contribution >= 4 is 5.78 Å². The largest absolute Gasteiger partial charge is 0.381 e. The topological polar surface area (TPSA) is 37.3 Å². The standard InChI is InChI=1S/C13H15FO2/c1-4-13(3,16)11-8-10(7-9(2)15)5-6-12(11)14/h4-6,8,16H,1,7H2,2-3H3. The van der Waals surface area contributed by atoms with Crippen molar-refractivity contribution in [3.8, 4) is 0 Å². The highest BCUT2D eigenvalue weighted by Gasteiger charge is 2.23. The second kappa shape index (κ2) is 4.58. The van der Waals surface area contributed by atoms with Crippen LogP contribution < -0.4 is 0 Å². The van der Waals surface area contributed by atoms with Crippen LogP contribution >= 0.6 is 0 Å². The van der Waals surface area contributed by atoms with Crippen LogP contribution in [0.15, 0.2) is 30.9 Å². The molecule has 0 bridgehead atoms. The Bertz CT molecular complexity index is 422. The number of hydrogen-bond acceptors (Lipinski definition) is 2. The van der Waals surface area contributed by atoms with Gasteiger partial charge in [-0.15, -0.1) is 0 Å². The van der Waals surface area contributed by atoms with Gasteiger partial charge in [0.2, 0.25) is 0 Å². The molecule has 0 amide bonds. The first-order valence-electron chi connectivity index (χ1n) is 5.01. The van der Waals surface area contributed by atoms with E-state index in [9.17, 15) is 14.3 Å². The summed E-state index contributed by atoms with van der Waals surface area (Å²) in [6, 6.07) is 4.30. The summed E-state index contributed by atoms with van der Waals surface area (Å²) in [6.45, 7) is 6.38. The summed E-state index contributed by atoms with van der Waals surface area (Å²) in [6.07, 6.45) is 1.50. The van der Waals surface area contributed by atoms with E-state index in [0.717, 1.165) is 0 Å². The van der Waals surface area contributed by atoms with E-state index in [-0.39, 0.29) is 17.8 Å². The number of Topliss-reactive ketones (excluding diaryl/α,β-unsaturated/α-hetero) is 1. The zero-order valence-corrected chi connectivity index (χ0v) is 9.46. The molecule has 1 rings (SSSR count). The highest BCUT2D eigenvalue weighted by molar-refractivity contribution is 5.78. The van der Waals surface area contributed by atoms with Crippen LogP contribution in [-0.2, 0) is 16.8 Å². The minimum Gasteiger partial charge on any atom is -0.381 e. The molecule has 0 heterocycles. The van der Waals surface area contributed by atoms with Crippen LogP contribution in [0.4, 0.5) is 4.39 Å². The second-order valence-corrected chi connectivity index (χ2v) is 4.04. The average molecular weight is 222 g/mol. The molecule has 0 aromatic heterocycles. The Hall–Kier alpha value is -1.48. The number of hydrogen-bond donors (Lipinski definition) is 1. The molecule has 86 valence electrons. The van der Waals surface area contributed by atoms with Crippen LogP contribution in [0.1, 0.15) is 25.0 Å². The minimum atomic E-state index is -1.42. The van der Waals surface area contributed by atoms with E-state index in [1.807, 2.05) is 0 Å². The molecule has 0 fully saturated rings. The molecule has 1 aromatic rings. The van der Waals surface area contributed by atoms with Gasteiger partial charge in [0, 0.05) is 12.0 Å². The number of ketones is 1. The number of carbonyl (C=O) groups excluding carboxylic acids is 1. The van der Waals surface area contributed by atoms with Crippen molar-refractivity contribution in [2.45, 2.75) is 25.9 Å². The number of benzene rings is 1. The van der Waals surface area contributed by atoms with Crippen LogP contribution in [-0.4, -0.2) is 10.9 Å². The van der Waals surface area contributed by atoms with Crippen molar-refractivity contribution in [3.63, 3.8) is 0 Å². The molecule has 16 heavy (non-hydrogen) atoms. The molecule has 1 aromatic carbocycles. The van der Waals surface area contributed by atoms with Crippen molar-refractivity contribution in [2.75, 3.05) is 0 Å². The van der Waals surface area contributed by atoms with E-state index < -0.39 is 11.4 Å². The van der Waals surface area contributed by atoms with Crippen molar-refractivity contribution in [1.29, 1.82) is 0 Å². The molecule has 0 aliphatic heterocycles. The third-order valence-electron chi connectivity index (χ3n) is 2.43. The molecule has 0 aliphatic rings. The van der Waals surface area contributed by atoms with Gasteiger partial charge < -0.3 is 5.11 Å². The third-order valence-corrected chi connectivity index (χ3v) is 2.43. The molecule has 3 heteroatoms. The number of rotatable bonds is 4. The quantitative estimate of drug-likeness (QED) is 0.794. The van der Waals surface area contributed by atoms with Crippen LogP contribution in [0.3, 0.4) is 0 Å². The summed E-state index contributed by atoms with van der Waals surface area (Å²) in [7, 11) is 0. The number of carbonyl (C=O) groups is 1. The lowest BCUT2D eigenvalue weighted by atomic mass is 9.93. The molecule has 0 aliphatic carbocycles. The number of aliphatic hydroxyl groups is 1. The van der Waals surface area contributed by atoms with Gasteiger partial charge in [-0.05, 0) is 31.5 Å². The van der Waals surface area contributed by atoms with Gasteiger partial charge in [0.15, 0.2) is 0 Å². The maximum atomic E-state index is 13.5. The first-order valence-corrected chi connectivity index (χ1v) is 5.01.